The maximum absolute atomic E-state index is 12.0. The van der Waals surface area contributed by atoms with E-state index in [1.165, 1.54) is 0 Å². The van der Waals surface area contributed by atoms with Crippen molar-refractivity contribution in [2.45, 2.75) is 43.6 Å². The Balaban J connectivity index is 2.57. The van der Waals surface area contributed by atoms with Gasteiger partial charge in [0.25, 0.3) is 0 Å². The standard InChI is InChI=1S/C11H23NO2S2/c1-5-10(9(2)15-4)8-12(3)16(13,14)11-6-7-11/h9-11H,5-8H2,1-4H3/t9?,10-/m0/s1. The van der Waals surface area contributed by atoms with Gasteiger partial charge in [0.2, 0.25) is 10.0 Å². The van der Waals surface area contributed by atoms with Gasteiger partial charge < -0.3 is 0 Å². The number of hydrogen-bond donors (Lipinski definition) is 0. The molecular weight excluding hydrogens is 242 g/mol. The van der Waals surface area contributed by atoms with Crippen molar-refractivity contribution >= 4 is 21.8 Å². The summed E-state index contributed by atoms with van der Waals surface area (Å²) in [6.07, 6.45) is 4.82. The molecule has 0 amide bonds. The average Bonchev–Trinajstić information content (AvgIpc) is 3.08. The number of rotatable bonds is 7. The van der Waals surface area contributed by atoms with Gasteiger partial charge in [-0.2, -0.15) is 11.8 Å². The molecule has 3 nitrogen and oxygen atoms in total. The first-order chi connectivity index (χ1) is 7.43. The molecule has 1 aliphatic rings. The molecule has 0 saturated heterocycles. The molecule has 0 radical (unpaired) electrons. The Labute approximate surface area is 104 Å². The molecule has 0 aromatic rings. The Morgan fingerprint density at radius 2 is 2.00 bits per heavy atom. The van der Waals surface area contributed by atoms with Crippen LogP contribution in [0, 0.1) is 5.92 Å². The van der Waals surface area contributed by atoms with Gasteiger partial charge in [0.05, 0.1) is 5.25 Å². The second-order valence-corrected chi connectivity index (χ2v) is 8.17. The normalized spacial score (nSPS) is 21.1. The van der Waals surface area contributed by atoms with Crippen molar-refractivity contribution in [2.24, 2.45) is 5.92 Å². The van der Waals surface area contributed by atoms with Crippen molar-refractivity contribution in [3.63, 3.8) is 0 Å². The smallest absolute Gasteiger partial charge is 0.212 e. The Hall–Kier alpha value is 0.260. The van der Waals surface area contributed by atoms with E-state index in [0.717, 1.165) is 19.3 Å². The van der Waals surface area contributed by atoms with Gasteiger partial charge in [-0.1, -0.05) is 20.3 Å². The molecule has 0 bridgehead atoms. The van der Waals surface area contributed by atoms with Crippen LogP contribution in [-0.2, 0) is 10.0 Å². The first-order valence-corrected chi connectivity index (χ1v) is 8.70. The highest BCUT2D eigenvalue weighted by Crippen LogP contribution is 2.31. The number of thioether (sulfide) groups is 1. The molecule has 0 aromatic heterocycles. The fourth-order valence-corrected chi connectivity index (χ4v) is 4.16. The first-order valence-electron chi connectivity index (χ1n) is 5.91. The third-order valence-corrected chi connectivity index (χ3v) is 6.89. The van der Waals surface area contributed by atoms with Crippen molar-refractivity contribution in [1.82, 2.24) is 4.31 Å². The van der Waals surface area contributed by atoms with Gasteiger partial charge in [-0.25, -0.2) is 12.7 Å². The highest BCUT2D eigenvalue weighted by Gasteiger charge is 2.39. The van der Waals surface area contributed by atoms with Crippen molar-refractivity contribution in [3.05, 3.63) is 0 Å². The fourth-order valence-electron chi connectivity index (χ4n) is 1.86. The molecule has 0 heterocycles. The predicted molar refractivity (Wildman–Crippen MR) is 71.3 cm³/mol. The summed E-state index contributed by atoms with van der Waals surface area (Å²) in [6.45, 7) is 4.97. The average molecular weight is 265 g/mol. The maximum Gasteiger partial charge on any atom is 0.216 e. The molecule has 1 fully saturated rings. The molecule has 1 unspecified atom stereocenters. The van der Waals surface area contributed by atoms with Crippen LogP contribution in [0.4, 0.5) is 0 Å². The zero-order valence-electron chi connectivity index (χ0n) is 10.6. The van der Waals surface area contributed by atoms with Crippen molar-refractivity contribution < 1.29 is 8.42 Å². The summed E-state index contributed by atoms with van der Waals surface area (Å²) in [5.41, 5.74) is 0. The Morgan fingerprint density at radius 3 is 2.38 bits per heavy atom. The summed E-state index contributed by atoms with van der Waals surface area (Å²) in [5, 5.41) is 0.432. The van der Waals surface area contributed by atoms with E-state index in [0.29, 0.717) is 17.7 Å². The second-order valence-electron chi connectivity index (χ2n) is 4.63. The Morgan fingerprint density at radius 1 is 1.44 bits per heavy atom. The summed E-state index contributed by atoms with van der Waals surface area (Å²) in [7, 11) is -1.26. The first kappa shape index (κ1) is 14.3. The molecule has 1 rings (SSSR count). The SMILES string of the molecule is CC[C@@H](CN(C)S(=O)(=O)C1CC1)C(C)SC. The molecule has 96 valence electrons. The maximum atomic E-state index is 12.0. The largest absolute Gasteiger partial charge is 0.216 e. The van der Waals surface area contributed by atoms with Gasteiger partial charge in [0.1, 0.15) is 0 Å². The lowest BCUT2D eigenvalue weighted by molar-refractivity contribution is 0.372. The minimum atomic E-state index is -2.99. The molecule has 0 aromatic carbocycles. The quantitative estimate of drug-likeness (QED) is 0.708. The van der Waals surface area contributed by atoms with Crippen LogP contribution < -0.4 is 0 Å². The third-order valence-electron chi connectivity index (χ3n) is 3.43. The van der Waals surface area contributed by atoms with Gasteiger partial charge in [0.15, 0.2) is 0 Å². The number of sulfonamides is 1. The van der Waals surface area contributed by atoms with E-state index in [4.69, 9.17) is 0 Å². The van der Waals surface area contributed by atoms with Crippen molar-refractivity contribution in [2.75, 3.05) is 19.8 Å². The molecule has 0 aliphatic heterocycles. The highest BCUT2D eigenvalue weighted by molar-refractivity contribution is 7.99. The van der Waals surface area contributed by atoms with Crippen LogP contribution in [0.15, 0.2) is 0 Å². The molecule has 5 heteroatoms. The third kappa shape index (κ3) is 3.37. The summed E-state index contributed by atoms with van der Waals surface area (Å²) >= 11 is 1.81. The van der Waals surface area contributed by atoms with Crippen molar-refractivity contribution in [1.29, 1.82) is 0 Å². The van der Waals surface area contributed by atoms with E-state index < -0.39 is 10.0 Å². The van der Waals surface area contributed by atoms with Crippen molar-refractivity contribution in [3.8, 4) is 0 Å². The van der Waals surface area contributed by atoms with Gasteiger partial charge >= 0.3 is 0 Å². The lowest BCUT2D eigenvalue weighted by Crippen LogP contribution is -2.36. The number of nitrogens with zero attached hydrogens (tertiary/aromatic N) is 1. The zero-order valence-corrected chi connectivity index (χ0v) is 12.3. The summed E-state index contributed by atoms with van der Waals surface area (Å²) in [6, 6.07) is 0. The van der Waals surface area contributed by atoms with E-state index in [9.17, 15) is 8.42 Å². The van der Waals surface area contributed by atoms with Crippen LogP contribution in [0.25, 0.3) is 0 Å². The topological polar surface area (TPSA) is 37.4 Å². The Bertz CT molecular complexity index is 312. The van der Waals surface area contributed by atoms with E-state index in [-0.39, 0.29) is 5.25 Å². The van der Waals surface area contributed by atoms with Gasteiger partial charge in [-0.3, -0.25) is 0 Å². The molecule has 1 aliphatic carbocycles. The molecule has 0 N–H and O–H groups in total. The lowest BCUT2D eigenvalue weighted by Gasteiger charge is -2.26. The van der Waals surface area contributed by atoms with Crippen LogP contribution in [0.3, 0.4) is 0 Å². The van der Waals surface area contributed by atoms with E-state index >= 15 is 0 Å². The van der Waals surface area contributed by atoms with Crippen LogP contribution in [0.2, 0.25) is 0 Å². The van der Waals surface area contributed by atoms with Gasteiger partial charge in [-0.05, 0) is 25.0 Å². The molecular formula is C11H23NO2S2. The summed E-state index contributed by atoms with van der Waals surface area (Å²) in [4.78, 5) is 0. The highest BCUT2D eigenvalue weighted by atomic mass is 32.2. The minimum absolute atomic E-state index is 0.0837. The van der Waals surface area contributed by atoms with E-state index in [2.05, 4.69) is 20.1 Å². The fraction of sp³-hybridized carbons (Fsp3) is 1.00. The predicted octanol–water partition coefficient (Wildman–Crippen LogP) is 2.19. The lowest BCUT2D eigenvalue weighted by atomic mass is 10.0. The Kier molecular flexibility index (Phi) is 5.13. The van der Waals surface area contributed by atoms with E-state index in [1.54, 1.807) is 11.4 Å². The molecule has 0 spiro atoms. The van der Waals surface area contributed by atoms with Gasteiger partial charge in [0, 0.05) is 18.8 Å². The van der Waals surface area contributed by atoms with Crippen LogP contribution in [-0.4, -0.2) is 43.1 Å². The van der Waals surface area contributed by atoms with Crippen LogP contribution in [0.1, 0.15) is 33.1 Å². The molecule has 2 atom stereocenters. The number of hydrogen-bond acceptors (Lipinski definition) is 3. The molecule has 1 saturated carbocycles. The van der Waals surface area contributed by atoms with Crippen LogP contribution >= 0.6 is 11.8 Å². The zero-order chi connectivity index (χ0) is 12.3. The minimum Gasteiger partial charge on any atom is -0.212 e. The summed E-state index contributed by atoms with van der Waals surface area (Å²) in [5.74, 6) is 0.452. The van der Waals surface area contributed by atoms with Crippen LogP contribution in [0.5, 0.6) is 0 Å². The second kappa shape index (κ2) is 5.74. The molecule has 16 heavy (non-hydrogen) atoms. The monoisotopic (exact) mass is 265 g/mol. The van der Waals surface area contributed by atoms with E-state index in [1.807, 2.05) is 11.8 Å². The van der Waals surface area contributed by atoms with Gasteiger partial charge in [-0.15, -0.1) is 0 Å². The summed E-state index contributed by atoms with van der Waals surface area (Å²) < 4.78 is 25.5.